The Morgan fingerprint density at radius 2 is 2.00 bits per heavy atom. The van der Waals surface area contributed by atoms with E-state index in [1.807, 2.05) is 13.8 Å². The molecule has 0 aromatic carbocycles. The number of hydrogen-bond acceptors (Lipinski definition) is 3. The van der Waals surface area contributed by atoms with Crippen molar-refractivity contribution in [2.24, 2.45) is 5.92 Å². The Morgan fingerprint density at radius 3 is 2.53 bits per heavy atom. The van der Waals surface area contributed by atoms with Crippen molar-refractivity contribution < 1.29 is 14.6 Å². The molecule has 94 valence electrons. The Balaban J connectivity index is 2.36. The molecule has 1 heterocycles. The molecule has 0 aromatic heterocycles. The van der Waals surface area contributed by atoms with E-state index in [1.165, 1.54) is 0 Å². The minimum absolute atomic E-state index is 0.135. The summed E-state index contributed by atoms with van der Waals surface area (Å²) in [7, 11) is 0. The molecule has 0 aromatic rings. The number of allylic oxidation sites excluding steroid dienone is 1. The Hall–Kier alpha value is -1.25. The topological polar surface area (TPSA) is 46.5 Å². The number of carbonyl (C=O) groups is 1. The molecule has 2 rings (SSSR count). The Morgan fingerprint density at radius 1 is 1.41 bits per heavy atom. The van der Waals surface area contributed by atoms with Gasteiger partial charge >= 0.3 is 5.97 Å². The lowest BCUT2D eigenvalue weighted by Crippen LogP contribution is -2.34. The molecule has 0 bridgehead atoms. The molecular weight excluding hydrogens is 216 g/mol. The van der Waals surface area contributed by atoms with Crippen molar-refractivity contribution in [2.45, 2.75) is 51.6 Å². The molecule has 1 atom stereocenters. The SMILES string of the molecule is C=C(C)C(C)C1=C(O)C2(CCCCC2)OC1=O. The maximum atomic E-state index is 11.9. The smallest absolute Gasteiger partial charge is 0.339 e. The second-order valence-corrected chi connectivity index (χ2v) is 5.27. The summed E-state index contributed by atoms with van der Waals surface area (Å²) in [6.07, 6.45) is 4.66. The van der Waals surface area contributed by atoms with Gasteiger partial charge in [-0.15, -0.1) is 0 Å². The van der Waals surface area contributed by atoms with Crippen LogP contribution in [0, 0.1) is 5.92 Å². The first-order chi connectivity index (χ1) is 7.98. The van der Waals surface area contributed by atoms with Crippen LogP contribution in [0.5, 0.6) is 0 Å². The van der Waals surface area contributed by atoms with Gasteiger partial charge in [-0.3, -0.25) is 0 Å². The highest BCUT2D eigenvalue weighted by atomic mass is 16.6. The van der Waals surface area contributed by atoms with Crippen molar-refractivity contribution >= 4 is 5.97 Å². The predicted octanol–water partition coefficient (Wildman–Crippen LogP) is 3.27. The summed E-state index contributed by atoms with van der Waals surface area (Å²) in [5.74, 6) is -0.332. The van der Waals surface area contributed by atoms with E-state index in [4.69, 9.17) is 4.74 Å². The van der Waals surface area contributed by atoms with Gasteiger partial charge in [-0.25, -0.2) is 4.79 Å². The van der Waals surface area contributed by atoms with Crippen molar-refractivity contribution in [2.75, 3.05) is 0 Å². The molecule has 0 radical (unpaired) electrons. The van der Waals surface area contributed by atoms with Gasteiger partial charge in [0.15, 0.2) is 5.60 Å². The van der Waals surface area contributed by atoms with E-state index in [2.05, 4.69) is 6.58 Å². The molecule has 1 spiro atoms. The second-order valence-electron chi connectivity index (χ2n) is 5.27. The first-order valence-corrected chi connectivity index (χ1v) is 6.30. The van der Waals surface area contributed by atoms with E-state index in [-0.39, 0.29) is 17.6 Å². The quantitative estimate of drug-likeness (QED) is 0.591. The van der Waals surface area contributed by atoms with Crippen molar-refractivity contribution in [1.82, 2.24) is 0 Å². The van der Waals surface area contributed by atoms with Gasteiger partial charge in [0.25, 0.3) is 0 Å². The summed E-state index contributed by atoms with van der Waals surface area (Å²) in [6, 6.07) is 0. The fraction of sp³-hybridized carbons (Fsp3) is 0.643. The Bertz CT molecular complexity index is 386. The lowest BCUT2D eigenvalue weighted by molar-refractivity contribution is -0.151. The molecule has 1 N–H and O–H groups in total. The molecule has 0 saturated heterocycles. The Kier molecular flexibility index (Phi) is 3.02. The standard InChI is InChI=1S/C14H20O3/c1-9(2)10(3)11-12(15)14(17-13(11)16)7-5-4-6-8-14/h10,15H,1,4-8H2,2-3H3. The van der Waals surface area contributed by atoms with Crippen LogP contribution in [0.2, 0.25) is 0 Å². The van der Waals surface area contributed by atoms with Crippen molar-refractivity contribution in [3.63, 3.8) is 0 Å². The number of aliphatic hydroxyl groups is 1. The van der Waals surface area contributed by atoms with Crippen LogP contribution in [0.15, 0.2) is 23.5 Å². The van der Waals surface area contributed by atoms with E-state index in [1.54, 1.807) is 0 Å². The average molecular weight is 236 g/mol. The number of aliphatic hydroxyl groups excluding tert-OH is 1. The number of hydrogen-bond donors (Lipinski definition) is 1. The van der Waals surface area contributed by atoms with Crippen molar-refractivity contribution in [3.8, 4) is 0 Å². The minimum atomic E-state index is -0.714. The summed E-state index contributed by atoms with van der Waals surface area (Å²) >= 11 is 0. The molecule has 3 heteroatoms. The Labute approximate surface area is 102 Å². The van der Waals surface area contributed by atoms with Crippen LogP contribution in [0.25, 0.3) is 0 Å². The monoisotopic (exact) mass is 236 g/mol. The molecule has 1 aliphatic heterocycles. The van der Waals surface area contributed by atoms with E-state index in [9.17, 15) is 9.90 Å². The molecule has 17 heavy (non-hydrogen) atoms. The zero-order valence-electron chi connectivity index (χ0n) is 10.6. The van der Waals surface area contributed by atoms with Crippen molar-refractivity contribution in [1.29, 1.82) is 0 Å². The van der Waals surface area contributed by atoms with E-state index >= 15 is 0 Å². The summed E-state index contributed by atoms with van der Waals surface area (Å²) in [5.41, 5.74) is 0.574. The minimum Gasteiger partial charge on any atom is -0.507 e. The highest BCUT2D eigenvalue weighted by Gasteiger charge is 2.49. The number of esters is 1. The van der Waals surface area contributed by atoms with Crippen LogP contribution >= 0.6 is 0 Å². The van der Waals surface area contributed by atoms with Gasteiger partial charge in [0.2, 0.25) is 0 Å². The van der Waals surface area contributed by atoms with Crippen LogP contribution < -0.4 is 0 Å². The fourth-order valence-electron chi connectivity index (χ4n) is 2.71. The van der Waals surface area contributed by atoms with Crippen LogP contribution in [0.4, 0.5) is 0 Å². The van der Waals surface area contributed by atoms with E-state index < -0.39 is 5.60 Å². The molecule has 1 unspecified atom stereocenters. The normalized spacial score (nSPS) is 24.9. The fourth-order valence-corrected chi connectivity index (χ4v) is 2.71. The molecule has 1 saturated carbocycles. The van der Waals surface area contributed by atoms with Crippen LogP contribution in [0.1, 0.15) is 46.0 Å². The average Bonchev–Trinajstić information content (AvgIpc) is 2.51. The van der Waals surface area contributed by atoms with Crippen LogP contribution in [-0.2, 0) is 9.53 Å². The largest absolute Gasteiger partial charge is 0.507 e. The summed E-state index contributed by atoms with van der Waals surface area (Å²) < 4.78 is 5.48. The molecule has 3 nitrogen and oxygen atoms in total. The first kappa shape index (κ1) is 12.2. The first-order valence-electron chi connectivity index (χ1n) is 6.30. The van der Waals surface area contributed by atoms with Gasteiger partial charge in [0, 0.05) is 5.92 Å². The highest BCUT2D eigenvalue weighted by Crippen LogP contribution is 2.44. The van der Waals surface area contributed by atoms with Crippen molar-refractivity contribution in [3.05, 3.63) is 23.5 Å². The third-order valence-electron chi connectivity index (χ3n) is 4.03. The maximum absolute atomic E-state index is 11.9. The number of rotatable bonds is 2. The van der Waals surface area contributed by atoms with Gasteiger partial charge in [-0.2, -0.15) is 0 Å². The van der Waals surface area contributed by atoms with Gasteiger partial charge in [0.05, 0.1) is 5.57 Å². The second kappa shape index (κ2) is 4.21. The third kappa shape index (κ3) is 1.88. The van der Waals surface area contributed by atoms with Crippen LogP contribution in [-0.4, -0.2) is 16.7 Å². The number of ether oxygens (including phenoxy) is 1. The van der Waals surface area contributed by atoms with Gasteiger partial charge in [0.1, 0.15) is 5.76 Å². The highest BCUT2D eigenvalue weighted by molar-refractivity contribution is 5.93. The molecule has 0 amide bonds. The summed E-state index contributed by atoms with van der Waals surface area (Å²) in [4.78, 5) is 11.9. The lowest BCUT2D eigenvalue weighted by atomic mass is 9.81. The van der Waals surface area contributed by atoms with E-state index in [0.29, 0.717) is 5.57 Å². The van der Waals surface area contributed by atoms with Gasteiger partial charge in [-0.1, -0.05) is 25.5 Å². The zero-order valence-corrected chi connectivity index (χ0v) is 10.6. The third-order valence-corrected chi connectivity index (χ3v) is 4.03. The van der Waals surface area contributed by atoms with Gasteiger partial charge < -0.3 is 9.84 Å². The molecule has 1 fully saturated rings. The molecule has 1 aliphatic carbocycles. The van der Waals surface area contributed by atoms with Crippen LogP contribution in [0.3, 0.4) is 0 Å². The van der Waals surface area contributed by atoms with E-state index in [0.717, 1.165) is 37.7 Å². The molecule has 2 aliphatic rings. The molecular formula is C14H20O3. The lowest BCUT2D eigenvalue weighted by Gasteiger charge is -2.31. The summed E-state index contributed by atoms with van der Waals surface area (Å²) in [6.45, 7) is 7.60. The predicted molar refractivity (Wildman–Crippen MR) is 65.5 cm³/mol. The number of carbonyl (C=O) groups excluding carboxylic acids is 1. The van der Waals surface area contributed by atoms with Gasteiger partial charge in [-0.05, 0) is 32.6 Å². The maximum Gasteiger partial charge on any atom is 0.339 e. The summed E-state index contributed by atoms with van der Waals surface area (Å²) in [5, 5.41) is 10.3. The zero-order chi connectivity index (χ0) is 12.6.